The fourth-order valence-corrected chi connectivity index (χ4v) is 2.88. The summed E-state index contributed by atoms with van der Waals surface area (Å²) in [6.07, 6.45) is 1.70. The summed E-state index contributed by atoms with van der Waals surface area (Å²) in [5.41, 5.74) is 2.48. The zero-order valence-electron chi connectivity index (χ0n) is 13.3. The predicted octanol–water partition coefficient (Wildman–Crippen LogP) is 3.65. The van der Waals surface area contributed by atoms with Crippen molar-refractivity contribution in [2.24, 2.45) is 0 Å². The Balaban J connectivity index is 1.49. The summed E-state index contributed by atoms with van der Waals surface area (Å²) in [4.78, 5) is 12.0. The molecule has 130 valence electrons. The molecule has 0 aliphatic rings. The smallest absolute Gasteiger partial charge is 0.224 e. The van der Waals surface area contributed by atoms with Gasteiger partial charge in [-0.1, -0.05) is 41.4 Å². The Morgan fingerprint density at radius 1 is 1.20 bits per heavy atom. The molecule has 1 unspecified atom stereocenters. The summed E-state index contributed by atoms with van der Waals surface area (Å²) >= 11 is 11.8. The normalized spacial score (nSPS) is 12.3. The number of amides is 1. The van der Waals surface area contributed by atoms with E-state index in [9.17, 15) is 9.90 Å². The largest absolute Gasteiger partial charge is 0.388 e. The second kappa shape index (κ2) is 7.87. The standard InChI is InChI=1S/C18H17Cl2N3O2/c19-14-4-3-12(9-15(14)20)17(24)5-6-21-18(25)8-11-1-2-13-10-22-23-16(13)7-11/h1-4,7,9-10,17,24H,5-6,8H2,(H,21,25)(H,22,23). The molecule has 7 heteroatoms. The summed E-state index contributed by atoms with van der Waals surface area (Å²) in [5, 5.41) is 21.7. The Kier molecular flexibility index (Phi) is 5.58. The van der Waals surface area contributed by atoms with Crippen molar-refractivity contribution in [3.05, 3.63) is 63.8 Å². The highest BCUT2D eigenvalue weighted by Gasteiger charge is 2.11. The number of fused-ring (bicyclic) bond motifs is 1. The lowest BCUT2D eigenvalue weighted by atomic mass is 10.1. The van der Waals surface area contributed by atoms with Gasteiger partial charge in [0.2, 0.25) is 5.91 Å². The minimum absolute atomic E-state index is 0.0970. The number of halogens is 2. The number of carbonyl (C=O) groups excluding carboxylic acids is 1. The number of aromatic nitrogens is 2. The quantitative estimate of drug-likeness (QED) is 0.613. The average molecular weight is 378 g/mol. The Morgan fingerprint density at radius 2 is 2.04 bits per heavy atom. The third kappa shape index (κ3) is 4.51. The van der Waals surface area contributed by atoms with Gasteiger partial charge < -0.3 is 10.4 Å². The molecule has 0 radical (unpaired) electrons. The van der Waals surface area contributed by atoms with Crippen molar-refractivity contribution in [1.82, 2.24) is 15.5 Å². The van der Waals surface area contributed by atoms with Crippen LogP contribution < -0.4 is 5.32 Å². The molecule has 0 aliphatic heterocycles. The number of aliphatic hydroxyl groups excluding tert-OH is 1. The maximum atomic E-state index is 12.0. The number of nitrogens with one attached hydrogen (secondary N) is 2. The molecular formula is C18H17Cl2N3O2. The third-order valence-electron chi connectivity index (χ3n) is 3.94. The number of carbonyl (C=O) groups is 1. The number of aliphatic hydroxyl groups is 1. The lowest BCUT2D eigenvalue weighted by Gasteiger charge is -2.12. The van der Waals surface area contributed by atoms with Gasteiger partial charge in [0, 0.05) is 11.9 Å². The van der Waals surface area contributed by atoms with E-state index in [2.05, 4.69) is 15.5 Å². The average Bonchev–Trinajstić information content (AvgIpc) is 3.05. The Bertz CT molecular complexity index is 895. The van der Waals surface area contributed by atoms with E-state index >= 15 is 0 Å². The molecule has 3 rings (SSSR count). The highest BCUT2D eigenvalue weighted by molar-refractivity contribution is 6.42. The van der Waals surface area contributed by atoms with Crippen molar-refractivity contribution >= 4 is 40.0 Å². The lowest BCUT2D eigenvalue weighted by Crippen LogP contribution is -2.27. The van der Waals surface area contributed by atoms with Crippen LogP contribution in [-0.2, 0) is 11.2 Å². The molecule has 3 N–H and O–H groups in total. The van der Waals surface area contributed by atoms with Crippen molar-refractivity contribution in [3.63, 3.8) is 0 Å². The number of aromatic amines is 1. The van der Waals surface area contributed by atoms with E-state index in [1.165, 1.54) is 0 Å². The molecular weight excluding hydrogens is 361 g/mol. The van der Waals surface area contributed by atoms with Crippen LogP contribution in [0.5, 0.6) is 0 Å². The van der Waals surface area contributed by atoms with Crippen LogP contribution in [0.25, 0.3) is 10.9 Å². The number of hydrogen-bond acceptors (Lipinski definition) is 3. The minimum atomic E-state index is -0.712. The molecule has 1 amide bonds. The van der Waals surface area contributed by atoms with Crippen LogP contribution in [0.4, 0.5) is 0 Å². The number of H-pyrrole nitrogens is 1. The van der Waals surface area contributed by atoms with Crippen LogP contribution >= 0.6 is 23.2 Å². The van der Waals surface area contributed by atoms with Crippen molar-refractivity contribution in [2.75, 3.05) is 6.54 Å². The molecule has 1 heterocycles. The molecule has 1 atom stereocenters. The highest BCUT2D eigenvalue weighted by atomic mass is 35.5. The Hall–Kier alpha value is -2.08. The van der Waals surface area contributed by atoms with Crippen molar-refractivity contribution in [1.29, 1.82) is 0 Å². The SMILES string of the molecule is O=C(Cc1ccc2cn[nH]c2c1)NCCC(O)c1ccc(Cl)c(Cl)c1. The molecule has 0 saturated heterocycles. The van der Waals surface area contributed by atoms with E-state index in [1.54, 1.807) is 24.4 Å². The second-order valence-electron chi connectivity index (χ2n) is 5.80. The second-order valence-corrected chi connectivity index (χ2v) is 6.61. The first-order valence-corrected chi connectivity index (χ1v) is 8.60. The van der Waals surface area contributed by atoms with E-state index in [-0.39, 0.29) is 12.3 Å². The van der Waals surface area contributed by atoms with Crippen molar-refractivity contribution in [2.45, 2.75) is 18.9 Å². The number of nitrogens with zero attached hydrogens (tertiary/aromatic N) is 1. The fraction of sp³-hybridized carbons (Fsp3) is 0.222. The monoisotopic (exact) mass is 377 g/mol. The molecule has 0 bridgehead atoms. The first-order valence-electron chi connectivity index (χ1n) is 7.84. The van der Waals surface area contributed by atoms with Gasteiger partial charge in [-0.2, -0.15) is 5.10 Å². The Morgan fingerprint density at radius 3 is 2.84 bits per heavy atom. The van der Waals surface area contributed by atoms with Gasteiger partial charge in [-0.15, -0.1) is 0 Å². The van der Waals surface area contributed by atoms with E-state index in [0.29, 0.717) is 28.6 Å². The van der Waals surface area contributed by atoms with Gasteiger partial charge in [0.15, 0.2) is 0 Å². The van der Waals surface area contributed by atoms with Crippen LogP contribution in [0, 0.1) is 0 Å². The Labute approximate surface area is 155 Å². The molecule has 25 heavy (non-hydrogen) atoms. The molecule has 3 aromatic rings. The first-order chi connectivity index (χ1) is 12.0. The summed E-state index contributed by atoms with van der Waals surface area (Å²) in [7, 11) is 0. The van der Waals surface area contributed by atoms with Crippen LogP contribution in [0.1, 0.15) is 23.7 Å². The maximum absolute atomic E-state index is 12.0. The van der Waals surface area contributed by atoms with Gasteiger partial charge >= 0.3 is 0 Å². The molecule has 1 aromatic heterocycles. The number of hydrogen-bond donors (Lipinski definition) is 3. The molecule has 5 nitrogen and oxygen atoms in total. The zero-order chi connectivity index (χ0) is 17.8. The first kappa shape index (κ1) is 17.7. The summed E-state index contributed by atoms with van der Waals surface area (Å²) in [6.45, 7) is 0.368. The van der Waals surface area contributed by atoms with Gasteiger partial charge in [-0.3, -0.25) is 9.89 Å². The number of rotatable bonds is 6. The lowest BCUT2D eigenvalue weighted by molar-refractivity contribution is -0.120. The topological polar surface area (TPSA) is 78.0 Å². The predicted molar refractivity (Wildman–Crippen MR) is 98.8 cm³/mol. The van der Waals surface area contributed by atoms with E-state index < -0.39 is 6.10 Å². The molecule has 0 saturated carbocycles. The summed E-state index contributed by atoms with van der Waals surface area (Å²) in [6, 6.07) is 10.7. The van der Waals surface area contributed by atoms with Crippen LogP contribution in [-0.4, -0.2) is 27.8 Å². The molecule has 0 aliphatic carbocycles. The van der Waals surface area contributed by atoms with Crippen molar-refractivity contribution < 1.29 is 9.90 Å². The molecule has 0 fully saturated rings. The molecule has 0 spiro atoms. The third-order valence-corrected chi connectivity index (χ3v) is 4.68. The van der Waals surface area contributed by atoms with Crippen molar-refractivity contribution in [3.8, 4) is 0 Å². The van der Waals surface area contributed by atoms with E-state index in [4.69, 9.17) is 23.2 Å². The van der Waals surface area contributed by atoms with Gasteiger partial charge in [0.05, 0.1) is 34.3 Å². The van der Waals surface area contributed by atoms with E-state index in [1.807, 2.05) is 18.2 Å². The van der Waals surface area contributed by atoms with Gasteiger partial charge in [0.1, 0.15) is 0 Å². The fourth-order valence-electron chi connectivity index (χ4n) is 2.58. The summed E-state index contributed by atoms with van der Waals surface area (Å²) in [5.74, 6) is -0.0970. The maximum Gasteiger partial charge on any atom is 0.224 e. The summed E-state index contributed by atoms with van der Waals surface area (Å²) < 4.78 is 0. The van der Waals surface area contributed by atoms with Crippen LogP contribution in [0.15, 0.2) is 42.6 Å². The van der Waals surface area contributed by atoms with Gasteiger partial charge in [0.25, 0.3) is 0 Å². The van der Waals surface area contributed by atoms with Gasteiger partial charge in [-0.05, 0) is 35.7 Å². The zero-order valence-corrected chi connectivity index (χ0v) is 14.8. The van der Waals surface area contributed by atoms with E-state index in [0.717, 1.165) is 16.5 Å². The minimum Gasteiger partial charge on any atom is -0.388 e. The number of benzene rings is 2. The van der Waals surface area contributed by atoms with Crippen LogP contribution in [0.3, 0.4) is 0 Å². The van der Waals surface area contributed by atoms with Gasteiger partial charge in [-0.25, -0.2) is 0 Å². The highest BCUT2D eigenvalue weighted by Crippen LogP contribution is 2.26. The molecule has 2 aromatic carbocycles. The van der Waals surface area contributed by atoms with Crippen LogP contribution in [0.2, 0.25) is 10.0 Å².